The van der Waals surface area contributed by atoms with Crippen LogP contribution in [0.3, 0.4) is 0 Å². The van der Waals surface area contributed by atoms with Crippen molar-refractivity contribution in [2.45, 2.75) is 13.1 Å². The second-order valence-corrected chi connectivity index (χ2v) is 2.81. The molecule has 0 fully saturated rings. The normalized spacial score (nSPS) is 12.5. The van der Waals surface area contributed by atoms with Gasteiger partial charge in [-0.3, -0.25) is 10.3 Å². The van der Waals surface area contributed by atoms with E-state index < -0.39 is 0 Å². The number of aromatic nitrogens is 1. The van der Waals surface area contributed by atoms with Crippen molar-refractivity contribution in [3.8, 4) is 0 Å². The van der Waals surface area contributed by atoms with Gasteiger partial charge in [0.1, 0.15) is 0 Å². The van der Waals surface area contributed by atoms with Crippen molar-refractivity contribution >= 4 is 11.4 Å². The molecule has 0 saturated carbocycles. The van der Waals surface area contributed by atoms with E-state index in [4.69, 9.17) is 11.5 Å². The van der Waals surface area contributed by atoms with E-state index in [1.54, 1.807) is 12.4 Å². The summed E-state index contributed by atoms with van der Waals surface area (Å²) in [6.45, 7) is 2.46. The fourth-order valence-corrected chi connectivity index (χ4v) is 0.875. The molecule has 0 bridgehead atoms. The molecule has 72 valence electrons. The monoisotopic (exact) mass is 181 g/mol. The Hall–Kier alpha value is -1.33. The molecule has 0 aromatic carbocycles. The molecule has 5 nitrogen and oxygen atoms in total. The van der Waals surface area contributed by atoms with E-state index in [2.05, 4.69) is 15.6 Å². The summed E-state index contributed by atoms with van der Waals surface area (Å²) < 4.78 is 0. The predicted octanol–water partition coefficient (Wildman–Crippen LogP) is -0.0725. The highest BCUT2D eigenvalue weighted by Crippen LogP contribution is 2.13. The molecule has 13 heavy (non-hydrogen) atoms. The number of anilines is 2. The van der Waals surface area contributed by atoms with Gasteiger partial charge in [-0.1, -0.05) is 0 Å². The topological polar surface area (TPSA) is 89.0 Å². The maximum absolute atomic E-state index is 5.65. The number of hydrogen-bond donors (Lipinski definition) is 4. The number of nitrogen functional groups attached to an aromatic ring is 1. The van der Waals surface area contributed by atoms with Crippen LogP contribution in [0, 0.1) is 0 Å². The maximum atomic E-state index is 5.65. The van der Waals surface area contributed by atoms with Crippen LogP contribution in [0.1, 0.15) is 6.92 Å². The van der Waals surface area contributed by atoms with E-state index in [0.29, 0.717) is 12.4 Å². The lowest BCUT2D eigenvalue weighted by Gasteiger charge is -2.11. The Kier molecular flexibility index (Phi) is 3.48. The van der Waals surface area contributed by atoms with Gasteiger partial charge in [0.05, 0.1) is 30.4 Å². The molecule has 0 aliphatic heterocycles. The van der Waals surface area contributed by atoms with Crippen LogP contribution >= 0.6 is 0 Å². The first kappa shape index (κ1) is 9.76. The lowest BCUT2D eigenvalue weighted by atomic mass is 10.3. The third-order valence-electron chi connectivity index (χ3n) is 1.55. The van der Waals surface area contributed by atoms with Crippen molar-refractivity contribution in [1.29, 1.82) is 0 Å². The van der Waals surface area contributed by atoms with Gasteiger partial charge in [-0.25, -0.2) is 0 Å². The molecule has 1 unspecified atom stereocenters. The van der Waals surface area contributed by atoms with Gasteiger partial charge in [0, 0.05) is 6.20 Å². The van der Waals surface area contributed by atoms with Crippen LogP contribution in [0.2, 0.25) is 0 Å². The first-order valence-corrected chi connectivity index (χ1v) is 4.12. The molecular formula is C8H15N5. The SMILES string of the molecule is CC(N)NCNc1ccncc1N. The van der Waals surface area contributed by atoms with Gasteiger partial charge in [-0.05, 0) is 13.0 Å². The summed E-state index contributed by atoms with van der Waals surface area (Å²) in [4.78, 5) is 3.88. The molecule has 0 aliphatic rings. The lowest BCUT2D eigenvalue weighted by Crippen LogP contribution is -2.37. The molecule has 0 aliphatic carbocycles. The summed E-state index contributed by atoms with van der Waals surface area (Å²) in [7, 11) is 0. The van der Waals surface area contributed by atoms with E-state index >= 15 is 0 Å². The Labute approximate surface area is 77.5 Å². The maximum Gasteiger partial charge on any atom is 0.0736 e. The smallest absolute Gasteiger partial charge is 0.0736 e. The number of nitrogens with one attached hydrogen (secondary N) is 2. The van der Waals surface area contributed by atoms with Crippen LogP contribution in [-0.2, 0) is 0 Å². The van der Waals surface area contributed by atoms with Crippen LogP contribution in [-0.4, -0.2) is 17.8 Å². The predicted molar refractivity (Wildman–Crippen MR) is 53.9 cm³/mol. The lowest BCUT2D eigenvalue weighted by molar-refractivity contribution is 0.594. The number of nitrogens with zero attached hydrogens (tertiary/aromatic N) is 1. The quantitative estimate of drug-likeness (QED) is 0.488. The minimum absolute atomic E-state index is 0.0319. The summed E-state index contributed by atoms with van der Waals surface area (Å²) in [6, 6.07) is 1.82. The second-order valence-electron chi connectivity index (χ2n) is 2.81. The number of pyridine rings is 1. The molecule has 1 atom stereocenters. The van der Waals surface area contributed by atoms with Crippen molar-refractivity contribution < 1.29 is 0 Å². The number of rotatable bonds is 4. The Bertz CT molecular complexity index is 260. The zero-order valence-corrected chi connectivity index (χ0v) is 7.62. The molecule has 5 heteroatoms. The minimum atomic E-state index is -0.0319. The number of hydrogen-bond acceptors (Lipinski definition) is 5. The molecule has 0 spiro atoms. The average molecular weight is 181 g/mol. The van der Waals surface area contributed by atoms with E-state index in [1.165, 1.54) is 0 Å². The highest BCUT2D eigenvalue weighted by Gasteiger charge is 1.96. The van der Waals surface area contributed by atoms with Gasteiger partial charge in [0.15, 0.2) is 0 Å². The molecule has 1 heterocycles. The van der Waals surface area contributed by atoms with Gasteiger partial charge < -0.3 is 16.8 Å². The summed E-state index contributed by atoms with van der Waals surface area (Å²) in [6.07, 6.45) is 3.26. The Morgan fingerprint density at radius 1 is 1.62 bits per heavy atom. The summed E-state index contributed by atoms with van der Waals surface area (Å²) >= 11 is 0. The zero-order chi connectivity index (χ0) is 9.68. The molecule has 1 rings (SSSR count). The van der Waals surface area contributed by atoms with Crippen molar-refractivity contribution in [2.75, 3.05) is 17.7 Å². The van der Waals surface area contributed by atoms with E-state index in [0.717, 1.165) is 5.69 Å². The third kappa shape index (κ3) is 3.27. The van der Waals surface area contributed by atoms with E-state index in [1.807, 2.05) is 13.0 Å². The molecule has 0 radical (unpaired) electrons. The Morgan fingerprint density at radius 2 is 2.38 bits per heavy atom. The molecule has 6 N–H and O–H groups in total. The van der Waals surface area contributed by atoms with Gasteiger partial charge >= 0.3 is 0 Å². The number of nitrogens with two attached hydrogens (primary N) is 2. The van der Waals surface area contributed by atoms with Crippen LogP contribution < -0.4 is 22.1 Å². The van der Waals surface area contributed by atoms with Crippen molar-refractivity contribution in [3.63, 3.8) is 0 Å². The van der Waals surface area contributed by atoms with E-state index in [9.17, 15) is 0 Å². The van der Waals surface area contributed by atoms with Gasteiger partial charge in [-0.2, -0.15) is 0 Å². The highest BCUT2D eigenvalue weighted by molar-refractivity contribution is 5.63. The highest BCUT2D eigenvalue weighted by atomic mass is 15.1. The van der Waals surface area contributed by atoms with Crippen molar-refractivity contribution in [2.24, 2.45) is 5.73 Å². The summed E-state index contributed by atoms with van der Waals surface area (Å²) in [5, 5.41) is 6.10. The van der Waals surface area contributed by atoms with Crippen LogP contribution in [0.15, 0.2) is 18.5 Å². The molecule has 0 saturated heterocycles. The van der Waals surface area contributed by atoms with Gasteiger partial charge in [0.2, 0.25) is 0 Å². The zero-order valence-electron chi connectivity index (χ0n) is 7.62. The van der Waals surface area contributed by atoms with Crippen LogP contribution in [0.4, 0.5) is 11.4 Å². The fraction of sp³-hybridized carbons (Fsp3) is 0.375. The average Bonchev–Trinajstić information content (AvgIpc) is 2.08. The molecular weight excluding hydrogens is 166 g/mol. The second kappa shape index (κ2) is 4.64. The van der Waals surface area contributed by atoms with Crippen LogP contribution in [0.25, 0.3) is 0 Å². The van der Waals surface area contributed by atoms with Gasteiger partial charge in [0.25, 0.3) is 0 Å². The molecule has 1 aromatic rings. The minimum Gasteiger partial charge on any atom is -0.396 e. The third-order valence-corrected chi connectivity index (χ3v) is 1.55. The summed E-state index contributed by atoms with van der Waals surface area (Å²) in [5.74, 6) is 0. The van der Waals surface area contributed by atoms with Crippen molar-refractivity contribution in [1.82, 2.24) is 10.3 Å². The van der Waals surface area contributed by atoms with Gasteiger partial charge in [-0.15, -0.1) is 0 Å². The Morgan fingerprint density at radius 3 is 3.00 bits per heavy atom. The standard InChI is InChI=1S/C8H15N5/c1-6(9)12-5-13-8-2-3-11-4-7(8)10/h2-4,6,12H,5,9-10H2,1H3,(H,11,13). The fourth-order valence-electron chi connectivity index (χ4n) is 0.875. The first-order chi connectivity index (χ1) is 6.20. The summed E-state index contributed by atoms with van der Waals surface area (Å²) in [5.41, 5.74) is 12.7. The first-order valence-electron chi connectivity index (χ1n) is 4.12. The largest absolute Gasteiger partial charge is 0.396 e. The Balaban J connectivity index is 2.41. The molecule has 1 aromatic heterocycles. The van der Waals surface area contributed by atoms with Crippen molar-refractivity contribution in [3.05, 3.63) is 18.5 Å². The van der Waals surface area contributed by atoms with E-state index in [-0.39, 0.29) is 6.17 Å². The van der Waals surface area contributed by atoms with Crippen LogP contribution in [0.5, 0.6) is 0 Å². The molecule has 0 amide bonds.